The Bertz CT molecular complexity index is 626. The quantitative estimate of drug-likeness (QED) is 0.715. The van der Waals surface area contributed by atoms with Gasteiger partial charge in [0.15, 0.2) is 0 Å². The maximum absolute atomic E-state index is 8.95. The molecule has 4 heteroatoms. The molecule has 3 rings (SSSR count). The lowest BCUT2D eigenvalue weighted by atomic mass is 10.0. The van der Waals surface area contributed by atoms with Gasteiger partial charge in [0, 0.05) is 22.2 Å². The molecule has 16 heavy (non-hydrogen) atoms. The zero-order valence-corrected chi connectivity index (χ0v) is 9.90. The first-order valence-corrected chi connectivity index (χ1v) is 6.30. The molecule has 2 nitrogen and oxygen atoms in total. The lowest BCUT2D eigenvalue weighted by Gasteiger charge is -2.06. The highest BCUT2D eigenvalue weighted by Gasteiger charge is 2.18. The number of halogens is 1. The number of aryl methyl sites for hydroxylation is 1. The van der Waals surface area contributed by atoms with Crippen LogP contribution < -0.4 is 0 Å². The van der Waals surface area contributed by atoms with Crippen LogP contribution in [0.15, 0.2) is 23.2 Å². The fourth-order valence-corrected chi connectivity index (χ4v) is 3.39. The number of fused-ring (bicyclic) bond motifs is 3. The van der Waals surface area contributed by atoms with Crippen LogP contribution in [0.25, 0.3) is 10.9 Å². The Balaban J connectivity index is 2.46. The zero-order chi connectivity index (χ0) is 11.1. The van der Waals surface area contributed by atoms with E-state index in [4.69, 9.17) is 16.9 Å². The minimum atomic E-state index is 0.458. The smallest absolute Gasteiger partial charge is 0.102 e. The molecule has 0 unspecified atom stereocenters. The molecule has 0 atom stereocenters. The molecule has 1 aliphatic rings. The maximum atomic E-state index is 8.95. The molecular formula is C12H7ClN2S. The van der Waals surface area contributed by atoms with Gasteiger partial charge in [0.1, 0.15) is 6.07 Å². The molecule has 78 valence electrons. The molecule has 0 bridgehead atoms. The van der Waals surface area contributed by atoms with Crippen LogP contribution in [0.5, 0.6) is 0 Å². The van der Waals surface area contributed by atoms with Gasteiger partial charge in [-0.15, -0.1) is 11.8 Å². The highest BCUT2D eigenvalue weighted by molar-refractivity contribution is 7.99. The summed E-state index contributed by atoms with van der Waals surface area (Å²) in [6.07, 6.45) is 2.55. The Morgan fingerprint density at radius 3 is 3.12 bits per heavy atom. The minimum absolute atomic E-state index is 0.458. The largest absolute Gasteiger partial charge is 0.255 e. The first-order chi connectivity index (χ1) is 7.81. The van der Waals surface area contributed by atoms with Gasteiger partial charge in [0.25, 0.3) is 0 Å². The summed E-state index contributed by atoms with van der Waals surface area (Å²) in [7, 11) is 0. The van der Waals surface area contributed by atoms with E-state index in [1.165, 1.54) is 10.5 Å². The number of thioether (sulfide) groups is 1. The van der Waals surface area contributed by atoms with Crippen molar-refractivity contribution in [2.75, 3.05) is 5.75 Å². The summed E-state index contributed by atoms with van der Waals surface area (Å²) in [4.78, 5) is 5.54. The SMILES string of the molecule is N#Cc1cnc2ccc3c(c2c1Cl)CCS3. The van der Waals surface area contributed by atoms with Crippen LogP contribution in [-0.2, 0) is 6.42 Å². The molecular weight excluding hydrogens is 240 g/mol. The number of hydrogen-bond donors (Lipinski definition) is 0. The normalized spacial score (nSPS) is 13.8. The number of aromatic nitrogens is 1. The van der Waals surface area contributed by atoms with Gasteiger partial charge in [-0.05, 0) is 24.1 Å². The molecule has 0 saturated heterocycles. The Labute approximate surface area is 102 Å². The number of nitrogens with zero attached hydrogens (tertiary/aromatic N) is 2. The first kappa shape index (κ1) is 9.95. The molecule has 2 heterocycles. The van der Waals surface area contributed by atoms with Crippen LogP contribution in [0.3, 0.4) is 0 Å². The summed E-state index contributed by atoms with van der Waals surface area (Å²) in [5.41, 5.74) is 2.59. The summed E-state index contributed by atoms with van der Waals surface area (Å²) in [5.74, 6) is 1.08. The first-order valence-electron chi connectivity index (χ1n) is 4.94. The van der Waals surface area contributed by atoms with Crippen molar-refractivity contribution in [1.29, 1.82) is 5.26 Å². The second-order valence-electron chi connectivity index (χ2n) is 3.63. The zero-order valence-electron chi connectivity index (χ0n) is 8.33. The van der Waals surface area contributed by atoms with Gasteiger partial charge < -0.3 is 0 Å². The lowest BCUT2D eigenvalue weighted by molar-refractivity contribution is 1.16. The number of pyridine rings is 1. The third kappa shape index (κ3) is 1.31. The summed E-state index contributed by atoms with van der Waals surface area (Å²) in [6, 6.07) is 6.14. The van der Waals surface area contributed by atoms with Crippen LogP contribution in [0.4, 0.5) is 0 Å². The van der Waals surface area contributed by atoms with Crippen LogP contribution in [0, 0.1) is 11.3 Å². The Hall–Kier alpha value is -1.24. The Morgan fingerprint density at radius 1 is 1.44 bits per heavy atom. The van der Waals surface area contributed by atoms with Crippen molar-refractivity contribution in [2.24, 2.45) is 0 Å². The predicted molar refractivity (Wildman–Crippen MR) is 65.9 cm³/mol. The van der Waals surface area contributed by atoms with Gasteiger partial charge in [-0.25, -0.2) is 0 Å². The molecule has 1 aromatic heterocycles. The Morgan fingerprint density at radius 2 is 2.31 bits per heavy atom. The van der Waals surface area contributed by atoms with E-state index < -0.39 is 0 Å². The molecule has 0 amide bonds. The predicted octanol–water partition coefficient (Wildman–Crippen LogP) is 3.41. The van der Waals surface area contributed by atoms with Crippen molar-refractivity contribution in [1.82, 2.24) is 4.98 Å². The van der Waals surface area contributed by atoms with E-state index in [1.54, 1.807) is 6.20 Å². The average Bonchev–Trinajstić information content (AvgIpc) is 2.77. The van der Waals surface area contributed by atoms with E-state index in [-0.39, 0.29) is 0 Å². The molecule has 1 aliphatic heterocycles. The fraction of sp³-hybridized carbons (Fsp3) is 0.167. The summed E-state index contributed by atoms with van der Waals surface area (Å²) < 4.78 is 0. The monoisotopic (exact) mass is 246 g/mol. The van der Waals surface area contributed by atoms with E-state index in [0.29, 0.717) is 10.6 Å². The van der Waals surface area contributed by atoms with Gasteiger partial charge in [-0.1, -0.05) is 11.6 Å². The van der Waals surface area contributed by atoms with Gasteiger partial charge in [-0.3, -0.25) is 4.98 Å². The summed E-state index contributed by atoms with van der Waals surface area (Å²) in [5, 5.41) is 10.5. The average molecular weight is 247 g/mol. The van der Waals surface area contributed by atoms with Crippen LogP contribution in [-0.4, -0.2) is 10.7 Å². The van der Waals surface area contributed by atoms with Crippen molar-refractivity contribution in [3.05, 3.63) is 34.5 Å². The van der Waals surface area contributed by atoms with Crippen molar-refractivity contribution < 1.29 is 0 Å². The summed E-state index contributed by atoms with van der Waals surface area (Å²) in [6.45, 7) is 0. The molecule has 0 aliphatic carbocycles. The highest BCUT2D eigenvalue weighted by Crippen LogP contribution is 2.39. The van der Waals surface area contributed by atoms with Crippen molar-refractivity contribution >= 4 is 34.3 Å². The second-order valence-corrected chi connectivity index (χ2v) is 5.15. The van der Waals surface area contributed by atoms with Crippen LogP contribution in [0.1, 0.15) is 11.1 Å². The third-order valence-corrected chi connectivity index (χ3v) is 4.26. The summed E-state index contributed by atoms with van der Waals surface area (Å²) >= 11 is 8.09. The van der Waals surface area contributed by atoms with Gasteiger partial charge in [0.2, 0.25) is 0 Å². The highest BCUT2D eigenvalue weighted by atomic mass is 35.5. The van der Waals surface area contributed by atoms with Crippen molar-refractivity contribution in [2.45, 2.75) is 11.3 Å². The molecule has 0 radical (unpaired) electrons. The number of nitriles is 1. The Kier molecular flexibility index (Phi) is 2.27. The molecule has 0 N–H and O–H groups in total. The minimum Gasteiger partial charge on any atom is -0.255 e. The fourth-order valence-electron chi connectivity index (χ4n) is 2.02. The lowest BCUT2D eigenvalue weighted by Crippen LogP contribution is -1.90. The molecule has 0 fully saturated rings. The van der Waals surface area contributed by atoms with E-state index in [9.17, 15) is 0 Å². The topological polar surface area (TPSA) is 36.7 Å². The van der Waals surface area contributed by atoms with Crippen LogP contribution in [0.2, 0.25) is 5.02 Å². The van der Waals surface area contributed by atoms with E-state index in [1.807, 2.05) is 17.8 Å². The number of hydrogen-bond acceptors (Lipinski definition) is 3. The van der Waals surface area contributed by atoms with E-state index >= 15 is 0 Å². The van der Waals surface area contributed by atoms with Gasteiger partial charge >= 0.3 is 0 Å². The van der Waals surface area contributed by atoms with E-state index in [0.717, 1.165) is 23.1 Å². The third-order valence-electron chi connectivity index (χ3n) is 2.77. The standard InChI is InChI=1S/C12H7ClN2S/c13-12-7(5-14)6-15-9-1-2-10-8(11(9)12)3-4-16-10/h1-2,6H,3-4H2. The van der Waals surface area contributed by atoms with Gasteiger partial charge in [0.05, 0.1) is 16.1 Å². The molecule has 1 aromatic carbocycles. The number of rotatable bonds is 0. The van der Waals surface area contributed by atoms with Crippen molar-refractivity contribution in [3.8, 4) is 6.07 Å². The van der Waals surface area contributed by atoms with Crippen molar-refractivity contribution in [3.63, 3.8) is 0 Å². The molecule has 0 saturated carbocycles. The maximum Gasteiger partial charge on any atom is 0.102 e. The number of benzene rings is 1. The second kappa shape index (κ2) is 3.65. The van der Waals surface area contributed by atoms with Gasteiger partial charge in [-0.2, -0.15) is 5.26 Å². The molecule has 2 aromatic rings. The van der Waals surface area contributed by atoms with Crippen LogP contribution >= 0.6 is 23.4 Å². The molecule has 0 spiro atoms. The van der Waals surface area contributed by atoms with E-state index in [2.05, 4.69) is 17.1 Å².